The summed E-state index contributed by atoms with van der Waals surface area (Å²) in [6, 6.07) is 17.2. The molecular weight excluding hydrogens is 417 g/mol. The minimum atomic E-state index is -0.363. The second-order valence-electron chi connectivity index (χ2n) is 6.72. The van der Waals surface area contributed by atoms with Gasteiger partial charge in [-0.15, -0.1) is 0 Å². The minimum absolute atomic E-state index is 0.363. The Bertz CT molecular complexity index is 1160. The number of fused-ring (bicyclic) bond motifs is 1. The van der Waals surface area contributed by atoms with Gasteiger partial charge in [0.05, 0.1) is 24.6 Å². The number of benzene rings is 3. The van der Waals surface area contributed by atoms with Crippen molar-refractivity contribution in [1.29, 1.82) is 0 Å². The number of hydrogen-bond donors (Lipinski definition) is 1. The summed E-state index contributed by atoms with van der Waals surface area (Å²) in [5.74, 6) is 1.90. The Morgan fingerprint density at radius 3 is 2.29 bits per heavy atom. The van der Waals surface area contributed by atoms with Crippen LogP contribution in [0.5, 0.6) is 11.5 Å². The summed E-state index contributed by atoms with van der Waals surface area (Å²) in [6.07, 6.45) is 0. The predicted molar refractivity (Wildman–Crippen MR) is 123 cm³/mol. The summed E-state index contributed by atoms with van der Waals surface area (Å²) < 4.78 is 25.4. The molecule has 0 saturated heterocycles. The lowest BCUT2D eigenvalue weighted by atomic mass is 10.1. The van der Waals surface area contributed by atoms with E-state index in [2.05, 4.69) is 10.3 Å². The molecule has 158 valence electrons. The van der Waals surface area contributed by atoms with Crippen LogP contribution in [-0.2, 0) is 0 Å². The fraction of sp³-hybridized carbons (Fsp3) is 0.167. The molecule has 0 atom stereocenters. The van der Waals surface area contributed by atoms with Crippen LogP contribution in [0.25, 0.3) is 0 Å². The molecule has 0 spiro atoms. The van der Waals surface area contributed by atoms with E-state index >= 15 is 0 Å². The molecule has 0 unspecified atom stereocenters. The number of hydrogen-bond acceptors (Lipinski definition) is 5. The Kier molecular flexibility index (Phi) is 6.18. The molecule has 1 N–H and O–H groups in total. The van der Waals surface area contributed by atoms with Crippen LogP contribution in [0.4, 0.5) is 15.8 Å². The first-order chi connectivity index (χ1) is 15.1. The van der Waals surface area contributed by atoms with Gasteiger partial charge in [-0.25, -0.2) is 14.4 Å². The highest BCUT2D eigenvalue weighted by atomic mass is 35.5. The normalized spacial score (nSPS) is 12.8. The van der Waals surface area contributed by atoms with Gasteiger partial charge in [-0.3, -0.25) is 0 Å². The van der Waals surface area contributed by atoms with Crippen LogP contribution in [0.1, 0.15) is 25.0 Å². The van der Waals surface area contributed by atoms with Crippen molar-refractivity contribution in [2.45, 2.75) is 13.8 Å². The Morgan fingerprint density at radius 1 is 0.839 bits per heavy atom. The lowest BCUT2D eigenvalue weighted by molar-refractivity contribution is 0.287. The maximum Gasteiger partial charge on any atom is 0.162 e. The number of halogens is 2. The second kappa shape index (κ2) is 9.18. The maximum absolute atomic E-state index is 13.9. The summed E-state index contributed by atoms with van der Waals surface area (Å²) in [5, 5.41) is 3.84. The fourth-order valence-electron chi connectivity index (χ4n) is 3.17. The summed E-state index contributed by atoms with van der Waals surface area (Å²) >= 11 is 6.04. The SMILES string of the molecule is CCOc1ccc(C2=NC(c3ccc(Cl)cc3)=Nc3ccc(F)cc3N2)cc1OCC. The Labute approximate surface area is 185 Å². The first-order valence-corrected chi connectivity index (χ1v) is 10.3. The molecule has 0 fully saturated rings. The number of ether oxygens (including phenoxy) is 2. The van der Waals surface area contributed by atoms with E-state index in [1.54, 1.807) is 18.2 Å². The molecule has 0 aromatic heterocycles. The monoisotopic (exact) mass is 437 g/mol. The Balaban J connectivity index is 1.83. The average molecular weight is 438 g/mol. The van der Waals surface area contributed by atoms with Crippen molar-refractivity contribution in [3.63, 3.8) is 0 Å². The molecule has 1 heterocycles. The second-order valence-corrected chi connectivity index (χ2v) is 7.15. The van der Waals surface area contributed by atoms with E-state index in [4.69, 9.17) is 26.1 Å². The topological polar surface area (TPSA) is 55.2 Å². The molecule has 31 heavy (non-hydrogen) atoms. The highest BCUT2D eigenvalue weighted by molar-refractivity contribution is 6.30. The van der Waals surface area contributed by atoms with Crippen LogP contribution in [0.3, 0.4) is 0 Å². The predicted octanol–water partition coefficient (Wildman–Crippen LogP) is 6.23. The van der Waals surface area contributed by atoms with E-state index in [9.17, 15) is 4.39 Å². The van der Waals surface area contributed by atoms with Gasteiger partial charge in [-0.2, -0.15) is 0 Å². The van der Waals surface area contributed by atoms with Gasteiger partial charge in [0.1, 0.15) is 11.7 Å². The molecule has 0 bridgehead atoms. The summed E-state index contributed by atoms with van der Waals surface area (Å²) in [7, 11) is 0. The number of aliphatic imine (C=N–C) groups is 2. The van der Waals surface area contributed by atoms with Gasteiger partial charge >= 0.3 is 0 Å². The van der Waals surface area contributed by atoms with Crippen LogP contribution in [0.2, 0.25) is 5.02 Å². The third kappa shape index (κ3) is 4.70. The lowest BCUT2D eigenvalue weighted by Crippen LogP contribution is -2.15. The van der Waals surface area contributed by atoms with E-state index in [0.29, 0.717) is 52.8 Å². The summed E-state index contributed by atoms with van der Waals surface area (Å²) in [5.41, 5.74) is 2.65. The smallest absolute Gasteiger partial charge is 0.162 e. The molecule has 5 nitrogen and oxygen atoms in total. The van der Waals surface area contributed by atoms with E-state index in [1.807, 2.05) is 44.2 Å². The highest BCUT2D eigenvalue weighted by Gasteiger charge is 2.18. The van der Waals surface area contributed by atoms with Gasteiger partial charge in [0, 0.05) is 16.1 Å². The number of amidine groups is 2. The zero-order valence-corrected chi connectivity index (χ0v) is 17.9. The van der Waals surface area contributed by atoms with Crippen molar-refractivity contribution >= 4 is 34.6 Å². The van der Waals surface area contributed by atoms with E-state index < -0.39 is 0 Å². The minimum Gasteiger partial charge on any atom is -0.490 e. The molecule has 0 amide bonds. The molecule has 1 aliphatic rings. The first kappa shape index (κ1) is 20.9. The van der Waals surface area contributed by atoms with Crippen molar-refractivity contribution in [3.05, 3.63) is 82.6 Å². The summed E-state index contributed by atoms with van der Waals surface area (Å²) in [6.45, 7) is 4.85. The van der Waals surface area contributed by atoms with Crippen LogP contribution >= 0.6 is 11.6 Å². The van der Waals surface area contributed by atoms with Gasteiger partial charge in [-0.1, -0.05) is 11.6 Å². The van der Waals surface area contributed by atoms with Gasteiger partial charge in [0.2, 0.25) is 0 Å². The van der Waals surface area contributed by atoms with E-state index in [-0.39, 0.29) is 5.82 Å². The number of nitrogens with zero attached hydrogens (tertiary/aromatic N) is 2. The number of nitrogens with one attached hydrogen (secondary N) is 1. The van der Waals surface area contributed by atoms with E-state index in [0.717, 1.165) is 11.1 Å². The molecule has 0 aliphatic carbocycles. The van der Waals surface area contributed by atoms with Crippen molar-refractivity contribution in [3.8, 4) is 11.5 Å². The van der Waals surface area contributed by atoms with Crippen LogP contribution < -0.4 is 14.8 Å². The Morgan fingerprint density at radius 2 is 1.55 bits per heavy atom. The van der Waals surface area contributed by atoms with E-state index in [1.165, 1.54) is 12.1 Å². The van der Waals surface area contributed by atoms with Crippen molar-refractivity contribution in [1.82, 2.24) is 0 Å². The third-order valence-corrected chi connectivity index (χ3v) is 4.83. The zero-order valence-electron chi connectivity index (χ0n) is 17.2. The first-order valence-electron chi connectivity index (χ1n) is 9.97. The molecule has 4 rings (SSSR count). The fourth-order valence-corrected chi connectivity index (χ4v) is 3.30. The quantitative estimate of drug-likeness (QED) is 0.497. The number of rotatable bonds is 6. The number of anilines is 1. The molecule has 0 saturated carbocycles. The standard InChI is InChI=1S/C24H21ClFN3O2/c1-3-30-21-12-7-16(13-22(21)31-4-2)24-28-20-14-18(26)10-11-19(20)27-23(29-24)15-5-8-17(25)9-6-15/h5-14H,3-4H2,1-2H3,(H,27,28,29). The van der Waals surface area contributed by atoms with Gasteiger partial charge in [0.15, 0.2) is 17.3 Å². The van der Waals surface area contributed by atoms with Crippen molar-refractivity contribution in [2.75, 3.05) is 18.5 Å². The maximum atomic E-state index is 13.9. The molecule has 0 radical (unpaired) electrons. The van der Waals surface area contributed by atoms with Crippen molar-refractivity contribution in [2.24, 2.45) is 9.98 Å². The molecule has 1 aliphatic heterocycles. The summed E-state index contributed by atoms with van der Waals surface area (Å²) in [4.78, 5) is 9.42. The lowest BCUT2D eigenvalue weighted by Gasteiger charge is -2.14. The third-order valence-electron chi connectivity index (χ3n) is 4.57. The average Bonchev–Trinajstić information content (AvgIpc) is 2.95. The largest absolute Gasteiger partial charge is 0.490 e. The van der Waals surface area contributed by atoms with Crippen LogP contribution in [-0.4, -0.2) is 24.9 Å². The highest BCUT2D eigenvalue weighted by Crippen LogP contribution is 2.32. The molecular formula is C24H21ClFN3O2. The molecule has 7 heteroatoms. The Hall–Kier alpha value is -3.38. The molecule has 3 aromatic rings. The molecule has 3 aromatic carbocycles. The van der Waals surface area contributed by atoms with Gasteiger partial charge < -0.3 is 14.8 Å². The van der Waals surface area contributed by atoms with Crippen LogP contribution in [0, 0.1) is 5.82 Å². The van der Waals surface area contributed by atoms with Crippen molar-refractivity contribution < 1.29 is 13.9 Å². The van der Waals surface area contributed by atoms with Gasteiger partial charge in [-0.05, 0) is 74.5 Å². The zero-order chi connectivity index (χ0) is 21.8. The van der Waals surface area contributed by atoms with Crippen LogP contribution in [0.15, 0.2) is 70.6 Å². The van der Waals surface area contributed by atoms with Gasteiger partial charge in [0.25, 0.3) is 0 Å².